The normalized spacial score (nSPS) is 12.6. The van der Waals surface area contributed by atoms with Crippen molar-refractivity contribution in [3.8, 4) is 5.06 Å². The predicted octanol–water partition coefficient (Wildman–Crippen LogP) is 3.20. The fraction of sp³-hybridized carbons (Fsp3) is 0.333. The molecule has 1 atom stereocenters. The summed E-state index contributed by atoms with van der Waals surface area (Å²) >= 11 is 1.66. The van der Waals surface area contributed by atoms with E-state index in [-0.39, 0.29) is 0 Å². The third kappa shape index (κ3) is 2.65. The number of hydrogen-bond donors (Lipinski definition) is 1. The number of ether oxygens (including phenoxy) is 1. The fourth-order valence-corrected chi connectivity index (χ4v) is 2.23. The quantitative estimate of drug-likeness (QED) is 0.867. The predicted molar refractivity (Wildman–Crippen MR) is 64.8 cm³/mol. The van der Waals surface area contributed by atoms with Crippen molar-refractivity contribution in [3.05, 3.63) is 41.2 Å². The Balaban J connectivity index is 1.87. The lowest BCUT2D eigenvalue weighted by Gasteiger charge is -2.10. The van der Waals surface area contributed by atoms with Crippen LogP contribution in [0.5, 0.6) is 5.06 Å². The molecule has 2 heterocycles. The standard InChI is InChI=1S/C12H15NO2S/c1-9(10-5-6-15-8-10)13-7-11-3-4-12(14-2)16-11/h3-6,8-9,13H,7H2,1-2H3. The Kier molecular flexibility index (Phi) is 3.64. The number of rotatable bonds is 5. The van der Waals surface area contributed by atoms with Crippen LogP contribution in [0, 0.1) is 0 Å². The van der Waals surface area contributed by atoms with E-state index in [0.29, 0.717) is 6.04 Å². The highest BCUT2D eigenvalue weighted by molar-refractivity contribution is 7.13. The van der Waals surface area contributed by atoms with Gasteiger partial charge in [-0.05, 0) is 25.1 Å². The third-order valence-corrected chi connectivity index (χ3v) is 3.51. The maximum Gasteiger partial charge on any atom is 0.173 e. The van der Waals surface area contributed by atoms with Crippen molar-refractivity contribution >= 4 is 11.3 Å². The summed E-state index contributed by atoms with van der Waals surface area (Å²) in [6.45, 7) is 2.97. The van der Waals surface area contributed by atoms with Crippen molar-refractivity contribution in [1.29, 1.82) is 0 Å². The summed E-state index contributed by atoms with van der Waals surface area (Å²) in [5.41, 5.74) is 1.17. The average molecular weight is 237 g/mol. The molecule has 4 heteroatoms. The van der Waals surface area contributed by atoms with Crippen LogP contribution < -0.4 is 10.1 Å². The Morgan fingerprint density at radius 3 is 2.94 bits per heavy atom. The van der Waals surface area contributed by atoms with Gasteiger partial charge in [0.2, 0.25) is 0 Å². The fourth-order valence-electron chi connectivity index (χ4n) is 1.46. The van der Waals surface area contributed by atoms with Crippen molar-refractivity contribution in [2.75, 3.05) is 7.11 Å². The number of hydrogen-bond acceptors (Lipinski definition) is 4. The monoisotopic (exact) mass is 237 g/mol. The Bertz CT molecular complexity index is 422. The largest absolute Gasteiger partial charge is 0.487 e. The van der Waals surface area contributed by atoms with E-state index in [1.807, 2.05) is 12.1 Å². The minimum atomic E-state index is 0.298. The first-order valence-corrected chi connectivity index (χ1v) is 5.99. The van der Waals surface area contributed by atoms with Crippen LogP contribution in [0.1, 0.15) is 23.4 Å². The second-order valence-electron chi connectivity index (χ2n) is 3.58. The first-order chi connectivity index (χ1) is 7.79. The lowest BCUT2D eigenvalue weighted by molar-refractivity contribution is 0.427. The zero-order valence-corrected chi connectivity index (χ0v) is 10.2. The van der Waals surface area contributed by atoms with Gasteiger partial charge in [0.15, 0.2) is 5.06 Å². The molecule has 0 saturated heterocycles. The summed E-state index contributed by atoms with van der Waals surface area (Å²) in [5, 5.41) is 4.39. The second-order valence-corrected chi connectivity index (χ2v) is 4.72. The Morgan fingerprint density at radius 2 is 2.31 bits per heavy atom. The summed E-state index contributed by atoms with van der Waals surface area (Å²) in [6.07, 6.45) is 3.47. The SMILES string of the molecule is COc1ccc(CNC(C)c2ccoc2)s1. The molecule has 0 fully saturated rings. The van der Waals surface area contributed by atoms with E-state index in [2.05, 4.69) is 18.3 Å². The molecule has 0 aromatic carbocycles. The highest BCUT2D eigenvalue weighted by atomic mass is 32.1. The Hall–Kier alpha value is -1.26. The smallest absolute Gasteiger partial charge is 0.173 e. The molecule has 0 radical (unpaired) electrons. The van der Waals surface area contributed by atoms with Crippen LogP contribution >= 0.6 is 11.3 Å². The molecular weight excluding hydrogens is 222 g/mol. The van der Waals surface area contributed by atoms with E-state index in [0.717, 1.165) is 11.6 Å². The number of nitrogens with one attached hydrogen (secondary N) is 1. The zero-order chi connectivity index (χ0) is 11.4. The topological polar surface area (TPSA) is 34.4 Å². The molecule has 1 unspecified atom stereocenters. The van der Waals surface area contributed by atoms with E-state index >= 15 is 0 Å². The van der Waals surface area contributed by atoms with Gasteiger partial charge >= 0.3 is 0 Å². The van der Waals surface area contributed by atoms with E-state index < -0.39 is 0 Å². The molecule has 2 rings (SSSR count). The van der Waals surface area contributed by atoms with Crippen LogP contribution in [-0.4, -0.2) is 7.11 Å². The average Bonchev–Trinajstić information content (AvgIpc) is 2.96. The Labute approximate surface area is 99.0 Å². The lowest BCUT2D eigenvalue weighted by Crippen LogP contribution is -2.16. The summed E-state index contributed by atoms with van der Waals surface area (Å²) in [5.74, 6) is 0. The van der Waals surface area contributed by atoms with Crippen molar-refractivity contribution in [2.45, 2.75) is 19.5 Å². The van der Waals surface area contributed by atoms with Crippen LogP contribution in [0.2, 0.25) is 0 Å². The van der Waals surface area contributed by atoms with Crippen molar-refractivity contribution < 1.29 is 9.15 Å². The van der Waals surface area contributed by atoms with Crippen molar-refractivity contribution in [2.24, 2.45) is 0 Å². The van der Waals surface area contributed by atoms with E-state index in [4.69, 9.17) is 9.15 Å². The summed E-state index contributed by atoms with van der Waals surface area (Å²) in [7, 11) is 1.69. The van der Waals surface area contributed by atoms with Crippen LogP contribution in [0.3, 0.4) is 0 Å². The first-order valence-electron chi connectivity index (χ1n) is 5.18. The molecule has 0 aliphatic rings. The maximum absolute atomic E-state index is 5.15. The second kappa shape index (κ2) is 5.18. The van der Waals surface area contributed by atoms with Gasteiger partial charge in [0.05, 0.1) is 19.6 Å². The lowest BCUT2D eigenvalue weighted by atomic mass is 10.2. The summed E-state index contributed by atoms with van der Waals surface area (Å²) < 4.78 is 10.2. The van der Waals surface area contributed by atoms with Gasteiger partial charge in [-0.25, -0.2) is 0 Å². The number of furan rings is 1. The molecule has 0 spiro atoms. The molecule has 2 aromatic heterocycles. The van der Waals surface area contributed by atoms with E-state index in [1.165, 1.54) is 10.4 Å². The zero-order valence-electron chi connectivity index (χ0n) is 9.40. The highest BCUT2D eigenvalue weighted by Crippen LogP contribution is 2.24. The molecule has 0 aliphatic heterocycles. The van der Waals surface area contributed by atoms with Crippen LogP contribution in [0.15, 0.2) is 35.1 Å². The van der Waals surface area contributed by atoms with Gasteiger partial charge in [-0.3, -0.25) is 0 Å². The first kappa shape index (κ1) is 11.2. The van der Waals surface area contributed by atoms with Gasteiger partial charge in [0.25, 0.3) is 0 Å². The molecule has 0 amide bonds. The van der Waals surface area contributed by atoms with Gasteiger partial charge in [0, 0.05) is 23.0 Å². The van der Waals surface area contributed by atoms with E-state index in [1.54, 1.807) is 31.0 Å². The summed E-state index contributed by atoms with van der Waals surface area (Å²) in [4.78, 5) is 1.27. The molecular formula is C12H15NO2S. The molecule has 16 heavy (non-hydrogen) atoms. The van der Waals surface area contributed by atoms with Crippen LogP contribution in [0.4, 0.5) is 0 Å². The van der Waals surface area contributed by atoms with Gasteiger partial charge in [0.1, 0.15) is 0 Å². The van der Waals surface area contributed by atoms with Gasteiger partial charge in [-0.2, -0.15) is 0 Å². The Morgan fingerprint density at radius 1 is 1.44 bits per heavy atom. The van der Waals surface area contributed by atoms with Crippen LogP contribution in [-0.2, 0) is 6.54 Å². The maximum atomic E-state index is 5.15. The van der Waals surface area contributed by atoms with E-state index in [9.17, 15) is 0 Å². The molecule has 2 aromatic rings. The number of methoxy groups -OCH3 is 1. The summed E-state index contributed by atoms with van der Waals surface area (Å²) in [6, 6.07) is 6.35. The van der Waals surface area contributed by atoms with Gasteiger partial charge < -0.3 is 14.5 Å². The highest BCUT2D eigenvalue weighted by Gasteiger charge is 2.06. The van der Waals surface area contributed by atoms with Gasteiger partial charge in [-0.15, -0.1) is 11.3 Å². The molecule has 0 saturated carbocycles. The van der Waals surface area contributed by atoms with Crippen molar-refractivity contribution in [1.82, 2.24) is 5.32 Å². The van der Waals surface area contributed by atoms with Gasteiger partial charge in [-0.1, -0.05) is 0 Å². The minimum Gasteiger partial charge on any atom is -0.487 e. The molecule has 3 nitrogen and oxygen atoms in total. The van der Waals surface area contributed by atoms with Crippen molar-refractivity contribution in [3.63, 3.8) is 0 Å². The molecule has 0 bridgehead atoms. The van der Waals surface area contributed by atoms with Crippen LogP contribution in [0.25, 0.3) is 0 Å². The minimum absolute atomic E-state index is 0.298. The molecule has 86 valence electrons. The molecule has 0 aliphatic carbocycles. The molecule has 1 N–H and O–H groups in total. The number of thiophene rings is 1. The third-order valence-electron chi connectivity index (χ3n) is 2.46.